The fraction of sp³-hybridized carbons (Fsp3) is 0.900. The third-order valence-corrected chi connectivity index (χ3v) is 3.44. The summed E-state index contributed by atoms with van der Waals surface area (Å²) >= 11 is 0. The Kier molecular flexibility index (Phi) is 2.28. The molecule has 0 aromatic heterocycles. The normalized spacial score (nSPS) is 39.3. The Balaban J connectivity index is 1.86. The molecule has 1 aliphatic carbocycles. The van der Waals surface area contributed by atoms with Crippen LogP contribution < -0.4 is 5.73 Å². The third-order valence-electron chi connectivity index (χ3n) is 3.44. The van der Waals surface area contributed by atoms with E-state index >= 15 is 0 Å². The number of amides is 1. The molecule has 3 nitrogen and oxygen atoms in total. The summed E-state index contributed by atoms with van der Waals surface area (Å²) < 4.78 is 0. The molecule has 13 heavy (non-hydrogen) atoms. The van der Waals surface area contributed by atoms with E-state index in [0.717, 1.165) is 37.8 Å². The Bertz CT molecular complexity index is 217. The van der Waals surface area contributed by atoms with Gasteiger partial charge in [-0.2, -0.15) is 0 Å². The van der Waals surface area contributed by atoms with E-state index in [1.807, 2.05) is 0 Å². The highest BCUT2D eigenvalue weighted by atomic mass is 16.1. The molecule has 0 aromatic rings. The highest BCUT2D eigenvalue weighted by Crippen LogP contribution is 2.39. The van der Waals surface area contributed by atoms with Gasteiger partial charge in [-0.25, -0.2) is 0 Å². The first kappa shape index (κ1) is 9.00. The van der Waals surface area contributed by atoms with Crippen LogP contribution >= 0.6 is 0 Å². The molecule has 0 radical (unpaired) electrons. The molecule has 1 saturated carbocycles. The average molecular weight is 182 g/mol. The van der Waals surface area contributed by atoms with Crippen LogP contribution in [0.5, 0.6) is 0 Å². The molecule has 1 heterocycles. The van der Waals surface area contributed by atoms with Crippen molar-refractivity contribution in [1.82, 2.24) is 4.90 Å². The molecule has 2 N–H and O–H groups in total. The van der Waals surface area contributed by atoms with E-state index in [9.17, 15) is 4.79 Å². The second-order valence-electron chi connectivity index (χ2n) is 4.53. The number of nitrogens with zero attached hydrogens (tertiary/aromatic N) is 1. The van der Waals surface area contributed by atoms with Gasteiger partial charge in [-0.15, -0.1) is 0 Å². The Labute approximate surface area is 79.3 Å². The van der Waals surface area contributed by atoms with Crippen LogP contribution in [0.3, 0.4) is 0 Å². The highest BCUT2D eigenvalue weighted by molar-refractivity contribution is 5.80. The molecule has 0 spiro atoms. The van der Waals surface area contributed by atoms with Crippen LogP contribution in [0.1, 0.15) is 26.2 Å². The van der Waals surface area contributed by atoms with Crippen molar-refractivity contribution in [3.05, 3.63) is 0 Å². The summed E-state index contributed by atoms with van der Waals surface area (Å²) in [4.78, 5) is 13.4. The van der Waals surface area contributed by atoms with Gasteiger partial charge in [-0.1, -0.05) is 6.92 Å². The Morgan fingerprint density at radius 2 is 2.31 bits per heavy atom. The lowest BCUT2D eigenvalue weighted by Gasteiger charge is -2.21. The van der Waals surface area contributed by atoms with Crippen LogP contribution in [0.4, 0.5) is 0 Å². The minimum atomic E-state index is -0.134. The number of nitrogens with two attached hydrogens (primary N) is 1. The zero-order chi connectivity index (χ0) is 9.42. The summed E-state index contributed by atoms with van der Waals surface area (Å²) in [6, 6.07) is 0.0350. The van der Waals surface area contributed by atoms with Crippen molar-refractivity contribution >= 4 is 5.91 Å². The first-order chi connectivity index (χ1) is 6.18. The summed E-state index contributed by atoms with van der Waals surface area (Å²) in [5.74, 6) is 1.57. The van der Waals surface area contributed by atoms with E-state index in [-0.39, 0.29) is 11.9 Å². The SMILES string of the molecule is CC1CC1CN1CCCC1C(N)=O. The second kappa shape index (κ2) is 3.29. The molecule has 1 aliphatic heterocycles. The van der Waals surface area contributed by atoms with Crippen molar-refractivity contribution in [3.8, 4) is 0 Å². The molecule has 2 aliphatic rings. The van der Waals surface area contributed by atoms with Gasteiger partial charge < -0.3 is 5.73 Å². The maximum atomic E-state index is 11.1. The largest absolute Gasteiger partial charge is 0.368 e. The minimum absolute atomic E-state index is 0.0350. The smallest absolute Gasteiger partial charge is 0.234 e. The van der Waals surface area contributed by atoms with Gasteiger partial charge in [0.2, 0.25) is 5.91 Å². The Morgan fingerprint density at radius 1 is 1.62 bits per heavy atom. The van der Waals surface area contributed by atoms with Crippen molar-refractivity contribution in [2.45, 2.75) is 32.2 Å². The van der Waals surface area contributed by atoms with Gasteiger partial charge in [0.15, 0.2) is 0 Å². The van der Waals surface area contributed by atoms with Crippen LogP contribution in [0.2, 0.25) is 0 Å². The molecule has 1 amide bonds. The van der Waals surface area contributed by atoms with Gasteiger partial charge in [0.05, 0.1) is 6.04 Å². The first-order valence-corrected chi connectivity index (χ1v) is 5.22. The standard InChI is InChI=1S/C10H18N2O/c1-7-5-8(7)6-12-4-2-3-9(12)10(11)13/h7-9H,2-6H2,1H3,(H2,11,13). The lowest BCUT2D eigenvalue weighted by atomic mass is 10.2. The number of carbonyl (C=O) groups is 1. The average Bonchev–Trinajstić information content (AvgIpc) is 2.62. The van der Waals surface area contributed by atoms with Crippen LogP contribution in [0.25, 0.3) is 0 Å². The van der Waals surface area contributed by atoms with E-state index in [0.29, 0.717) is 0 Å². The van der Waals surface area contributed by atoms with Crippen molar-refractivity contribution in [1.29, 1.82) is 0 Å². The zero-order valence-corrected chi connectivity index (χ0v) is 8.20. The van der Waals surface area contributed by atoms with Gasteiger partial charge in [0.1, 0.15) is 0 Å². The number of hydrogen-bond donors (Lipinski definition) is 1. The molecular formula is C10H18N2O. The summed E-state index contributed by atoms with van der Waals surface area (Å²) in [5.41, 5.74) is 5.34. The van der Waals surface area contributed by atoms with Crippen LogP contribution in [-0.2, 0) is 4.79 Å². The molecule has 74 valence electrons. The molecule has 3 unspecified atom stereocenters. The van der Waals surface area contributed by atoms with Crippen molar-refractivity contribution in [3.63, 3.8) is 0 Å². The number of likely N-dealkylation sites (tertiary alicyclic amines) is 1. The quantitative estimate of drug-likeness (QED) is 0.694. The molecule has 1 saturated heterocycles. The number of hydrogen-bond acceptors (Lipinski definition) is 2. The summed E-state index contributed by atoms with van der Waals surface area (Å²) in [6.07, 6.45) is 3.44. The van der Waals surface area contributed by atoms with Crippen molar-refractivity contribution in [2.75, 3.05) is 13.1 Å². The third kappa shape index (κ3) is 1.85. The number of rotatable bonds is 3. The molecule has 3 atom stereocenters. The summed E-state index contributed by atoms with van der Waals surface area (Å²) in [7, 11) is 0. The fourth-order valence-corrected chi connectivity index (χ4v) is 2.32. The summed E-state index contributed by atoms with van der Waals surface area (Å²) in [5, 5.41) is 0. The van der Waals surface area contributed by atoms with Crippen LogP contribution in [0.15, 0.2) is 0 Å². The first-order valence-electron chi connectivity index (χ1n) is 5.22. The van der Waals surface area contributed by atoms with E-state index in [2.05, 4.69) is 11.8 Å². The zero-order valence-electron chi connectivity index (χ0n) is 8.20. The van der Waals surface area contributed by atoms with Crippen molar-refractivity contribution < 1.29 is 4.79 Å². The molecular weight excluding hydrogens is 164 g/mol. The van der Waals surface area contributed by atoms with E-state index in [1.165, 1.54) is 6.42 Å². The maximum absolute atomic E-state index is 11.1. The predicted octanol–water partition coefficient (Wildman–Crippen LogP) is 0.592. The maximum Gasteiger partial charge on any atom is 0.234 e. The fourth-order valence-electron chi connectivity index (χ4n) is 2.32. The number of carbonyl (C=O) groups excluding carboxylic acids is 1. The molecule has 2 rings (SSSR count). The minimum Gasteiger partial charge on any atom is -0.368 e. The van der Waals surface area contributed by atoms with E-state index in [4.69, 9.17) is 5.73 Å². The monoisotopic (exact) mass is 182 g/mol. The van der Waals surface area contributed by atoms with Gasteiger partial charge in [0, 0.05) is 6.54 Å². The Morgan fingerprint density at radius 3 is 2.85 bits per heavy atom. The molecule has 0 aromatic carbocycles. The van der Waals surface area contributed by atoms with Gasteiger partial charge in [-0.05, 0) is 37.6 Å². The van der Waals surface area contributed by atoms with Gasteiger partial charge >= 0.3 is 0 Å². The molecule has 2 fully saturated rings. The van der Waals surface area contributed by atoms with Crippen molar-refractivity contribution in [2.24, 2.45) is 17.6 Å². The highest BCUT2D eigenvalue weighted by Gasteiger charge is 2.38. The molecule has 0 bridgehead atoms. The van der Waals surface area contributed by atoms with Gasteiger partial charge in [0.25, 0.3) is 0 Å². The summed E-state index contributed by atoms with van der Waals surface area (Å²) in [6.45, 7) is 4.44. The van der Waals surface area contributed by atoms with Gasteiger partial charge in [-0.3, -0.25) is 9.69 Å². The predicted molar refractivity (Wildman–Crippen MR) is 51.1 cm³/mol. The topological polar surface area (TPSA) is 46.3 Å². The van der Waals surface area contributed by atoms with E-state index in [1.54, 1.807) is 0 Å². The second-order valence-corrected chi connectivity index (χ2v) is 4.53. The van der Waals surface area contributed by atoms with E-state index < -0.39 is 0 Å². The lowest BCUT2D eigenvalue weighted by Crippen LogP contribution is -2.41. The van der Waals surface area contributed by atoms with Crippen LogP contribution in [-0.4, -0.2) is 29.9 Å². The Hall–Kier alpha value is -0.570. The number of primary amides is 1. The molecule has 3 heteroatoms. The van der Waals surface area contributed by atoms with Crippen LogP contribution in [0, 0.1) is 11.8 Å². The lowest BCUT2D eigenvalue weighted by molar-refractivity contribution is -0.122.